The molecule has 1 fully saturated rings. The lowest BCUT2D eigenvalue weighted by molar-refractivity contribution is 0.0261. The van der Waals surface area contributed by atoms with E-state index in [0.717, 1.165) is 11.1 Å². The molecule has 4 aromatic rings. The Hall–Kier alpha value is -4.62. The summed E-state index contributed by atoms with van der Waals surface area (Å²) in [5.74, 6) is -0.685. The van der Waals surface area contributed by atoms with E-state index >= 15 is 0 Å². The molecule has 1 atom stereocenters. The van der Waals surface area contributed by atoms with Crippen LogP contribution in [0, 0.1) is 0 Å². The van der Waals surface area contributed by atoms with Gasteiger partial charge in [0.1, 0.15) is 0 Å². The number of carbonyl (C=O) groups is 3. The predicted molar refractivity (Wildman–Crippen MR) is 147 cm³/mol. The molecule has 7 nitrogen and oxygen atoms in total. The third-order valence-electron chi connectivity index (χ3n) is 7.56. The van der Waals surface area contributed by atoms with E-state index in [4.69, 9.17) is 0 Å². The molecule has 2 aliphatic rings. The number of aromatic nitrogens is 1. The van der Waals surface area contributed by atoms with Gasteiger partial charge in [-0.25, -0.2) is 0 Å². The van der Waals surface area contributed by atoms with E-state index < -0.39 is 0 Å². The van der Waals surface area contributed by atoms with Gasteiger partial charge in [-0.3, -0.25) is 29.2 Å². The number of amides is 3. The van der Waals surface area contributed by atoms with E-state index in [2.05, 4.69) is 34.1 Å². The maximum atomic E-state index is 13.4. The highest BCUT2D eigenvalue weighted by Gasteiger charge is 2.41. The van der Waals surface area contributed by atoms with Crippen LogP contribution in [0.1, 0.15) is 48.2 Å². The first-order valence-electron chi connectivity index (χ1n) is 13.1. The Labute approximate surface area is 227 Å². The summed E-state index contributed by atoms with van der Waals surface area (Å²) in [5, 5.41) is 0. The second kappa shape index (κ2) is 10.6. The van der Waals surface area contributed by atoms with E-state index in [1.54, 1.807) is 48.8 Å². The minimum absolute atomic E-state index is 0.105. The minimum Gasteiger partial charge on any atom is -0.336 e. The highest BCUT2D eigenvalue weighted by Crippen LogP contribution is 2.33. The van der Waals surface area contributed by atoms with Gasteiger partial charge in [-0.15, -0.1) is 0 Å². The van der Waals surface area contributed by atoms with Crippen molar-refractivity contribution < 1.29 is 14.4 Å². The zero-order valence-electron chi connectivity index (χ0n) is 21.4. The number of piperazine rings is 1. The van der Waals surface area contributed by atoms with Gasteiger partial charge in [0, 0.05) is 44.6 Å². The van der Waals surface area contributed by atoms with Gasteiger partial charge < -0.3 is 4.90 Å². The van der Waals surface area contributed by atoms with Crippen LogP contribution in [0.15, 0.2) is 109 Å². The topological polar surface area (TPSA) is 73.8 Å². The number of hydrogen-bond acceptors (Lipinski definition) is 5. The summed E-state index contributed by atoms with van der Waals surface area (Å²) in [4.78, 5) is 49.7. The van der Waals surface area contributed by atoms with Gasteiger partial charge in [-0.1, -0.05) is 72.8 Å². The fourth-order valence-corrected chi connectivity index (χ4v) is 5.69. The zero-order chi connectivity index (χ0) is 26.8. The molecule has 0 aliphatic carbocycles. The molecule has 1 aromatic heterocycles. The lowest BCUT2D eigenvalue weighted by Gasteiger charge is -2.46. The number of fused-ring (bicyclic) bond motifs is 1. The van der Waals surface area contributed by atoms with Crippen LogP contribution in [0.25, 0.3) is 0 Å². The summed E-state index contributed by atoms with van der Waals surface area (Å²) in [6.45, 7) is 1.65. The Morgan fingerprint density at radius 1 is 0.769 bits per heavy atom. The number of rotatable bonds is 6. The predicted octanol–water partition coefficient (Wildman–Crippen LogP) is 4.29. The van der Waals surface area contributed by atoms with Crippen LogP contribution in [0.5, 0.6) is 0 Å². The lowest BCUT2D eigenvalue weighted by Crippen LogP contribution is -2.59. The quantitative estimate of drug-likeness (QED) is 0.358. The van der Waals surface area contributed by atoms with Crippen LogP contribution in [-0.2, 0) is 0 Å². The number of carbonyl (C=O) groups excluding carboxylic acids is 3. The second-order valence-corrected chi connectivity index (χ2v) is 9.87. The lowest BCUT2D eigenvalue weighted by atomic mass is 9.94. The molecule has 6 rings (SSSR count). The third-order valence-corrected chi connectivity index (χ3v) is 7.56. The number of pyridine rings is 1. The van der Waals surface area contributed by atoms with Crippen LogP contribution in [-0.4, -0.2) is 69.6 Å². The van der Waals surface area contributed by atoms with Crippen molar-refractivity contribution >= 4 is 17.7 Å². The first-order chi connectivity index (χ1) is 19.1. The summed E-state index contributed by atoms with van der Waals surface area (Å²) in [5.41, 5.74) is 3.60. The van der Waals surface area contributed by atoms with Gasteiger partial charge in [0.05, 0.1) is 22.7 Å². The molecule has 0 spiro atoms. The van der Waals surface area contributed by atoms with E-state index in [1.165, 1.54) is 4.90 Å². The Kier molecular flexibility index (Phi) is 6.73. The van der Waals surface area contributed by atoms with Crippen molar-refractivity contribution in [2.45, 2.75) is 12.1 Å². The molecule has 1 saturated heterocycles. The molecule has 3 amide bonds. The average Bonchev–Trinajstić information content (AvgIpc) is 3.24. The first-order valence-corrected chi connectivity index (χ1v) is 13.1. The summed E-state index contributed by atoms with van der Waals surface area (Å²) in [6.07, 6.45) is 3.22. The first kappa shape index (κ1) is 24.7. The standard InChI is InChI=1S/C32H28N4O3/c37-30(25-14-9-17-33-20-25)34-18-19-35(29(23-10-3-1-4-11-23)24-12-5-2-6-13-24)26(21-34)22-36-31(38)27-15-7-8-16-28(27)32(36)39/h1-17,20,26,29H,18-19,21-22H2. The van der Waals surface area contributed by atoms with E-state index in [-0.39, 0.29) is 36.3 Å². The molecule has 3 heterocycles. The molecule has 7 heteroatoms. The summed E-state index contributed by atoms with van der Waals surface area (Å²) < 4.78 is 0. The molecule has 3 aromatic carbocycles. The van der Waals surface area contributed by atoms with Crippen molar-refractivity contribution in [1.29, 1.82) is 0 Å². The molecule has 2 aliphatic heterocycles. The van der Waals surface area contributed by atoms with E-state index in [0.29, 0.717) is 36.3 Å². The third kappa shape index (κ3) is 4.73. The van der Waals surface area contributed by atoms with Crippen molar-refractivity contribution in [1.82, 2.24) is 19.7 Å². The van der Waals surface area contributed by atoms with Crippen molar-refractivity contribution in [3.05, 3.63) is 137 Å². The van der Waals surface area contributed by atoms with Crippen molar-refractivity contribution in [3.8, 4) is 0 Å². The second-order valence-electron chi connectivity index (χ2n) is 9.87. The average molecular weight is 517 g/mol. The maximum Gasteiger partial charge on any atom is 0.261 e. The molecule has 194 valence electrons. The zero-order valence-corrected chi connectivity index (χ0v) is 21.4. The van der Waals surface area contributed by atoms with Gasteiger partial charge in [0.25, 0.3) is 17.7 Å². The Morgan fingerprint density at radius 2 is 1.36 bits per heavy atom. The van der Waals surface area contributed by atoms with Crippen LogP contribution >= 0.6 is 0 Å². The van der Waals surface area contributed by atoms with Gasteiger partial charge in [0.15, 0.2) is 0 Å². The van der Waals surface area contributed by atoms with Crippen LogP contribution in [0.2, 0.25) is 0 Å². The fourth-order valence-electron chi connectivity index (χ4n) is 5.69. The van der Waals surface area contributed by atoms with E-state index in [1.807, 2.05) is 41.3 Å². The molecular weight excluding hydrogens is 488 g/mol. The highest BCUT2D eigenvalue weighted by atomic mass is 16.2. The largest absolute Gasteiger partial charge is 0.336 e. The Balaban J connectivity index is 1.37. The van der Waals surface area contributed by atoms with Crippen molar-refractivity contribution in [3.63, 3.8) is 0 Å². The van der Waals surface area contributed by atoms with E-state index in [9.17, 15) is 14.4 Å². The molecular formula is C32H28N4O3. The van der Waals surface area contributed by atoms with Crippen LogP contribution in [0.3, 0.4) is 0 Å². The number of benzene rings is 3. The normalized spacial score (nSPS) is 17.5. The number of nitrogens with zero attached hydrogens (tertiary/aromatic N) is 4. The maximum absolute atomic E-state index is 13.4. The summed E-state index contributed by atoms with van der Waals surface area (Å²) in [7, 11) is 0. The van der Waals surface area contributed by atoms with Crippen molar-refractivity contribution in [2.24, 2.45) is 0 Å². The number of hydrogen-bond donors (Lipinski definition) is 0. The van der Waals surface area contributed by atoms with Crippen LogP contribution < -0.4 is 0 Å². The smallest absolute Gasteiger partial charge is 0.261 e. The minimum atomic E-state index is -0.290. The SMILES string of the molecule is O=C(c1cccnc1)N1CCN(C(c2ccccc2)c2ccccc2)C(CN2C(=O)c3ccccc3C2=O)C1. The fraction of sp³-hybridized carbons (Fsp3) is 0.188. The Bertz CT molecular complexity index is 1420. The van der Waals surface area contributed by atoms with Crippen LogP contribution in [0.4, 0.5) is 0 Å². The Morgan fingerprint density at radius 3 is 1.92 bits per heavy atom. The highest BCUT2D eigenvalue weighted by molar-refractivity contribution is 6.21. The van der Waals surface area contributed by atoms with Gasteiger partial charge in [-0.05, 0) is 35.4 Å². The number of imide groups is 1. The van der Waals surface area contributed by atoms with Gasteiger partial charge in [-0.2, -0.15) is 0 Å². The molecule has 0 saturated carbocycles. The summed E-state index contributed by atoms with van der Waals surface area (Å²) >= 11 is 0. The van der Waals surface area contributed by atoms with Crippen molar-refractivity contribution in [2.75, 3.05) is 26.2 Å². The molecule has 0 radical (unpaired) electrons. The van der Waals surface area contributed by atoms with Gasteiger partial charge in [0.2, 0.25) is 0 Å². The summed E-state index contributed by atoms with van der Waals surface area (Å²) in [6, 6.07) is 30.5. The molecule has 39 heavy (non-hydrogen) atoms. The van der Waals surface area contributed by atoms with Gasteiger partial charge >= 0.3 is 0 Å². The molecule has 0 bridgehead atoms. The monoisotopic (exact) mass is 516 g/mol. The molecule has 0 N–H and O–H groups in total. The molecule has 1 unspecified atom stereocenters.